The van der Waals surface area contributed by atoms with Gasteiger partial charge < -0.3 is 14.6 Å². The number of nitrogens with zero attached hydrogens (tertiary/aromatic N) is 1. The molecule has 2 atom stereocenters. The number of aliphatic hydroxyl groups is 1. The molecule has 4 nitrogen and oxygen atoms in total. The lowest BCUT2D eigenvalue weighted by molar-refractivity contribution is 0.111. The highest BCUT2D eigenvalue weighted by Crippen LogP contribution is 2.25. The molecule has 2 unspecified atom stereocenters. The molecule has 0 saturated heterocycles. The number of rotatable bonds is 8. The second-order valence-electron chi connectivity index (χ2n) is 5.20. The monoisotopic (exact) mass is 281 g/mol. The highest BCUT2D eigenvalue weighted by Gasteiger charge is 2.14. The van der Waals surface area contributed by atoms with Gasteiger partial charge in [-0.15, -0.1) is 0 Å². The van der Waals surface area contributed by atoms with Gasteiger partial charge in [-0.25, -0.2) is 0 Å². The summed E-state index contributed by atoms with van der Waals surface area (Å²) >= 11 is 0. The van der Waals surface area contributed by atoms with E-state index in [1.54, 1.807) is 14.0 Å². The van der Waals surface area contributed by atoms with Crippen molar-refractivity contribution in [1.29, 1.82) is 0 Å². The van der Waals surface area contributed by atoms with E-state index in [1.165, 1.54) is 0 Å². The minimum Gasteiger partial charge on any atom is -0.494 e. The Bertz CT molecular complexity index is 407. The largest absolute Gasteiger partial charge is 0.494 e. The van der Waals surface area contributed by atoms with Crippen LogP contribution in [0.3, 0.4) is 0 Å². The van der Waals surface area contributed by atoms with Crippen molar-refractivity contribution < 1.29 is 14.6 Å². The van der Waals surface area contributed by atoms with Gasteiger partial charge in [-0.3, -0.25) is 4.90 Å². The highest BCUT2D eigenvalue weighted by molar-refractivity contribution is 5.38. The molecular formula is C16H27NO3. The first-order valence-corrected chi connectivity index (χ1v) is 7.12. The summed E-state index contributed by atoms with van der Waals surface area (Å²) in [6.45, 7) is 7.97. The topological polar surface area (TPSA) is 41.9 Å². The van der Waals surface area contributed by atoms with Gasteiger partial charge in [-0.05, 0) is 45.5 Å². The van der Waals surface area contributed by atoms with Crippen molar-refractivity contribution in [1.82, 2.24) is 4.90 Å². The molecule has 0 heterocycles. The summed E-state index contributed by atoms with van der Waals surface area (Å²) in [5, 5.41) is 9.72. The van der Waals surface area contributed by atoms with E-state index < -0.39 is 6.10 Å². The molecule has 1 aromatic carbocycles. The van der Waals surface area contributed by atoms with Crippen molar-refractivity contribution >= 4 is 0 Å². The molecular weight excluding hydrogens is 254 g/mol. The van der Waals surface area contributed by atoms with E-state index >= 15 is 0 Å². The van der Waals surface area contributed by atoms with Crippen molar-refractivity contribution in [3.8, 4) is 5.75 Å². The van der Waals surface area contributed by atoms with Gasteiger partial charge in [0.1, 0.15) is 5.75 Å². The Balaban J connectivity index is 2.91. The minimum absolute atomic E-state index is 0.324. The predicted octanol–water partition coefficient (Wildman–Crippen LogP) is 2.61. The van der Waals surface area contributed by atoms with Gasteiger partial charge in [0.2, 0.25) is 0 Å². The van der Waals surface area contributed by atoms with Crippen LogP contribution in [0.1, 0.15) is 38.0 Å². The van der Waals surface area contributed by atoms with Gasteiger partial charge in [0.05, 0.1) is 19.3 Å². The standard InChI is InChI=1S/C16H27NO3/c1-6-20-16-8-7-14(13(3)18)9-15(16)10-17(4)12(2)11-19-5/h7-9,12-13,18H,6,10-11H2,1-5H3. The summed E-state index contributed by atoms with van der Waals surface area (Å²) in [6, 6.07) is 6.20. The van der Waals surface area contributed by atoms with Crippen LogP contribution < -0.4 is 4.74 Å². The van der Waals surface area contributed by atoms with Gasteiger partial charge in [-0.2, -0.15) is 0 Å². The third-order valence-corrected chi connectivity index (χ3v) is 3.45. The Labute approximate surface area is 122 Å². The van der Waals surface area contributed by atoms with Crippen LogP contribution in [0.2, 0.25) is 0 Å². The number of aliphatic hydroxyl groups excluding tert-OH is 1. The Morgan fingerprint density at radius 3 is 2.55 bits per heavy atom. The molecule has 0 spiro atoms. The van der Waals surface area contributed by atoms with E-state index in [0.29, 0.717) is 19.3 Å². The van der Waals surface area contributed by atoms with Crippen molar-refractivity contribution in [3.63, 3.8) is 0 Å². The summed E-state index contributed by atoms with van der Waals surface area (Å²) < 4.78 is 10.9. The maximum absolute atomic E-state index is 9.72. The summed E-state index contributed by atoms with van der Waals surface area (Å²) in [5.41, 5.74) is 2.01. The number of benzene rings is 1. The zero-order chi connectivity index (χ0) is 15.1. The van der Waals surface area contributed by atoms with E-state index in [9.17, 15) is 5.11 Å². The Morgan fingerprint density at radius 1 is 1.30 bits per heavy atom. The highest BCUT2D eigenvalue weighted by atomic mass is 16.5. The summed E-state index contributed by atoms with van der Waals surface area (Å²) in [6.07, 6.45) is -0.467. The molecule has 4 heteroatoms. The normalized spacial score (nSPS) is 14.3. The van der Waals surface area contributed by atoms with E-state index in [0.717, 1.165) is 23.4 Å². The van der Waals surface area contributed by atoms with E-state index in [1.807, 2.05) is 25.1 Å². The van der Waals surface area contributed by atoms with Crippen LogP contribution in [0.4, 0.5) is 0 Å². The predicted molar refractivity (Wildman–Crippen MR) is 81.0 cm³/mol. The molecule has 0 amide bonds. The second-order valence-corrected chi connectivity index (χ2v) is 5.20. The fourth-order valence-electron chi connectivity index (χ4n) is 2.07. The SMILES string of the molecule is CCOc1ccc(C(C)O)cc1CN(C)C(C)COC. The third kappa shape index (κ3) is 4.78. The Kier molecular flexibility index (Phi) is 6.99. The van der Waals surface area contributed by atoms with Crippen LogP contribution in [0.15, 0.2) is 18.2 Å². The van der Waals surface area contributed by atoms with Crippen molar-refractivity contribution in [2.45, 2.75) is 39.5 Å². The molecule has 0 fully saturated rings. The maximum atomic E-state index is 9.72. The fourth-order valence-corrected chi connectivity index (χ4v) is 2.07. The summed E-state index contributed by atoms with van der Waals surface area (Å²) in [7, 11) is 3.78. The van der Waals surface area contributed by atoms with Gasteiger partial charge in [0, 0.05) is 25.3 Å². The Hall–Kier alpha value is -1.10. The smallest absolute Gasteiger partial charge is 0.123 e. The average molecular weight is 281 g/mol. The third-order valence-electron chi connectivity index (χ3n) is 3.45. The molecule has 1 N–H and O–H groups in total. The maximum Gasteiger partial charge on any atom is 0.123 e. The molecule has 1 aromatic rings. The van der Waals surface area contributed by atoms with Gasteiger partial charge in [0.25, 0.3) is 0 Å². The van der Waals surface area contributed by atoms with Gasteiger partial charge >= 0.3 is 0 Å². The second kappa shape index (κ2) is 8.25. The van der Waals surface area contributed by atoms with Crippen LogP contribution in [0.5, 0.6) is 5.75 Å². The zero-order valence-electron chi connectivity index (χ0n) is 13.2. The zero-order valence-corrected chi connectivity index (χ0v) is 13.2. The lowest BCUT2D eigenvalue weighted by Gasteiger charge is -2.25. The quantitative estimate of drug-likeness (QED) is 0.795. The van der Waals surface area contributed by atoms with Crippen molar-refractivity contribution in [2.75, 3.05) is 27.4 Å². The number of hydrogen-bond donors (Lipinski definition) is 1. The number of hydrogen-bond acceptors (Lipinski definition) is 4. The van der Waals surface area contributed by atoms with Crippen LogP contribution in [-0.2, 0) is 11.3 Å². The first kappa shape index (κ1) is 17.0. The van der Waals surface area contributed by atoms with E-state index in [2.05, 4.69) is 18.9 Å². The van der Waals surface area contributed by atoms with Crippen LogP contribution in [0, 0.1) is 0 Å². The molecule has 0 aliphatic rings. The Morgan fingerprint density at radius 2 is 2.00 bits per heavy atom. The van der Waals surface area contributed by atoms with Crippen LogP contribution in [-0.4, -0.2) is 43.4 Å². The summed E-state index contributed by atoms with van der Waals surface area (Å²) in [4.78, 5) is 2.22. The summed E-state index contributed by atoms with van der Waals surface area (Å²) in [5.74, 6) is 0.883. The molecule has 0 saturated carbocycles. The first-order chi connectivity index (χ1) is 9.49. The number of ether oxygens (including phenoxy) is 2. The minimum atomic E-state index is -0.467. The van der Waals surface area contributed by atoms with Crippen LogP contribution >= 0.6 is 0 Å². The first-order valence-electron chi connectivity index (χ1n) is 7.12. The van der Waals surface area contributed by atoms with Crippen LogP contribution in [0.25, 0.3) is 0 Å². The fraction of sp³-hybridized carbons (Fsp3) is 0.625. The number of likely N-dealkylation sites (N-methyl/N-ethyl adjacent to an activating group) is 1. The molecule has 0 aliphatic carbocycles. The van der Waals surface area contributed by atoms with Crippen molar-refractivity contribution in [2.24, 2.45) is 0 Å². The lowest BCUT2D eigenvalue weighted by atomic mass is 10.1. The molecule has 0 bridgehead atoms. The average Bonchev–Trinajstić information content (AvgIpc) is 2.40. The number of methoxy groups -OCH3 is 1. The molecule has 0 aliphatic heterocycles. The molecule has 1 rings (SSSR count). The van der Waals surface area contributed by atoms with Crippen molar-refractivity contribution in [3.05, 3.63) is 29.3 Å². The van der Waals surface area contributed by atoms with E-state index in [4.69, 9.17) is 9.47 Å². The lowest BCUT2D eigenvalue weighted by Crippen LogP contribution is -2.32. The molecule has 0 aromatic heterocycles. The van der Waals surface area contributed by atoms with Gasteiger partial charge in [-0.1, -0.05) is 6.07 Å². The molecule has 20 heavy (non-hydrogen) atoms. The molecule has 0 radical (unpaired) electrons. The molecule has 114 valence electrons. The van der Waals surface area contributed by atoms with Gasteiger partial charge in [0.15, 0.2) is 0 Å². The van der Waals surface area contributed by atoms with E-state index in [-0.39, 0.29) is 0 Å².